The zero-order valence-corrected chi connectivity index (χ0v) is 18.1. The number of aliphatic hydroxyl groups is 1. The van der Waals surface area contributed by atoms with E-state index in [0.717, 1.165) is 51.7 Å². The largest absolute Gasteiger partial charge is 0.393 e. The summed E-state index contributed by atoms with van der Waals surface area (Å²) in [5.41, 5.74) is 9.69. The van der Waals surface area contributed by atoms with Gasteiger partial charge in [-0.15, -0.1) is 24.8 Å². The predicted molar refractivity (Wildman–Crippen MR) is 122 cm³/mol. The monoisotopic (exact) mass is 424 g/mol. The summed E-state index contributed by atoms with van der Waals surface area (Å²) < 4.78 is 0. The summed E-state index contributed by atoms with van der Waals surface area (Å²) in [5.74, 6) is 0.443. The Kier molecular flexibility index (Phi) is 11.7. The van der Waals surface area contributed by atoms with E-state index in [4.69, 9.17) is 5.73 Å². The van der Waals surface area contributed by atoms with Crippen molar-refractivity contribution in [3.63, 3.8) is 0 Å². The summed E-state index contributed by atoms with van der Waals surface area (Å²) in [5, 5.41) is 10.6. The molecule has 28 heavy (non-hydrogen) atoms. The molecule has 1 aliphatic heterocycles. The highest BCUT2D eigenvalue weighted by molar-refractivity contribution is 5.85. The third-order valence-electron chi connectivity index (χ3n) is 5.58. The molecule has 1 heterocycles. The van der Waals surface area contributed by atoms with Crippen LogP contribution in [-0.2, 0) is 19.4 Å². The standard InChI is InChI=1S/C23H32N2O.2ClH/c24-14-11-20-7-4-8-21(17-20)18-25-15-12-22(13-16-25)23(26)10-9-19-5-2-1-3-6-19;;/h1-8,17,22-23,26H,9-16,18,24H2;2*1H. The fourth-order valence-electron chi connectivity index (χ4n) is 4.00. The molecule has 0 spiro atoms. The van der Waals surface area contributed by atoms with E-state index < -0.39 is 0 Å². The van der Waals surface area contributed by atoms with Crippen molar-refractivity contribution in [2.75, 3.05) is 19.6 Å². The van der Waals surface area contributed by atoms with Crippen molar-refractivity contribution < 1.29 is 5.11 Å². The van der Waals surface area contributed by atoms with Gasteiger partial charge in [-0.25, -0.2) is 0 Å². The number of aliphatic hydroxyl groups excluding tert-OH is 1. The van der Waals surface area contributed by atoms with Crippen LogP contribution in [0.5, 0.6) is 0 Å². The number of aryl methyl sites for hydroxylation is 1. The molecule has 1 atom stereocenters. The fourth-order valence-corrected chi connectivity index (χ4v) is 4.00. The zero-order chi connectivity index (χ0) is 18.2. The first-order valence-corrected chi connectivity index (χ1v) is 9.97. The molecule has 0 amide bonds. The molecule has 5 heteroatoms. The molecule has 2 aromatic rings. The smallest absolute Gasteiger partial charge is 0.0572 e. The fraction of sp³-hybridized carbons (Fsp3) is 0.478. The van der Waals surface area contributed by atoms with Crippen LogP contribution >= 0.6 is 24.8 Å². The van der Waals surface area contributed by atoms with E-state index >= 15 is 0 Å². The quantitative estimate of drug-likeness (QED) is 0.665. The van der Waals surface area contributed by atoms with Crippen molar-refractivity contribution in [3.8, 4) is 0 Å². The molecule has 3 rings (SSSR count). The van der Waals surface area contributed by atoms with Crippen LogP contribution in [0.3, 0.4) is 0 Å². The molecule has 1 unspecified atom stereocenters. The van der Waals surface area contributed by atoms with Gasteiger partial charge >= 0.3 is 0 Å². The molecule has 1 aliphatic rings. The van der Waals surface area contributed by atoms with Crippen LogP contribution in [-0.4, -0.2) is 35.7 Å². The van der Waals surface area contributed by atoms with Gasteiger partial charge in [-0.1, -0.05) is 54.6 Å². The average molecular weight is 425 g/mol. The van der Waals surface area contributed by atoms with Gasteiger partial charge in [0.2, 0.25) is 0 Å². The minimum Gasteiger partial charge on any atom is -0.393 e. The molecular formula is C23H34Cl2N2O. The highest BCUT2D eigenvalue weighted by Crippen LogP contribution is 2.24. The Balaban J connectivity index is 0.00000196. The Morgan fingerprint density at radius 1 is 0.893 bits per heavy atom. The average Bonchev–Trinajstić information content (AvgIpc) is 2.68. The van der Waals surface area contributed by atoms with Gasteiger partial charge in [0.25, 0.3) is 0 Å². The number of rotatable bonds is 8. The van der Waals surface area contributed by atoms with Gasteiger partial charge in [0, 0.05) is 6.54 Å². The van der Waals surface area contributed by atoms with E-state index in [2.05, 4.69) is 53.4 Å². The second-order valence-electron chi connectivity index (χ2n) is 7.56. The first-order chi connectivity index (χ1) is 12.7. The van der Waals surface area contributed by atoms with Crippen LogP contribution < -0.4 is 5.73 Å². The molecule has 0 radical (unpaired) electrons. The first kappa shape index (κ1) is 24.9. The van der Waals surface area contributed by atoms with Gasteiger partial charge in [0.15, 0.2) is 0 Å². The van der Waals surface area contributed by atoms with Crippen LogP contribution in [0.1, 0.15) is 36.0 Å². The van der Waals surface area contributed by atoms with Crippen LogP contribution in [0.2, 0.25) is 0 Å². The maximum atomic E-state index is 10.6. The van der Waals surface area contributed by atoms with E-state index in [1.54, 1.807) is 0 Å². The second kappa shape index (κ2) is 13.2. The lowest BCUT2D eigenvalue weighted by Crippen LogP contribution is -2.37. The van der Waals surface area contributed by atoms with Gasteiger partial charge in [0.1, 0.15) is 0 Å². The van der Waals surface area contributed by atoms with Gasteiger partial charge in [0.05, 0.1) is 6.10 Å². The predicted octanol–water partition coefficient (Wildman–Crippen LogP) is 4.24. The van der Waals surface area contributed by atoms with Crippen LogP contribution in [0.25, 0.3) is 0 Å². The molecule has 0 aliphatic carbocycles. The number of hydrogen-bond donors (Lipinski definition) is 2. The second-order valence-corrected chi connectivity index (χ2v) is 7.56. The molecule has 0 bridgehead atoms. The van der Waals surface area contributed by atoms with Crippen molar-refractivity contribution >= 4 is 24.8 Å². The van der Waals surface area contributed by atoms with Crippen molar-refractivity contribution in [2.24, 2.45) is 11.7 Å². The van der Waals surface area contributed by atoms with Crippen molar-refractivity contribution in [3.05, 3.63) is 71.3 Å². The number of piperidine rings is 1. The SMILES string of the molecule is Cl.Cl.NCCc1cccc(CN2CCC(C(O)CCc3ccccc3)CC2)c1. The normalized spacial score (nSPS) is 16.1. The first-order valence-electron chi connectivity index (χ1n) is 9.97. The Morgan fingerprint density at radius 3 is 2.21 bits per heavy atom. The Bertz CT molecular complexity index is 661. The maximum Gasteiger partial charge on any atom is 0.0572 e. The zero-order valence-electron chi connectivity index (χ0n) is 16.5. The summed E-state index contributed by atoms with van der Waals surface area (Å²) in [7, 11) is 0. The minimum atomic E-state index is -0.176. The maximum absolute atomic E-state index is 10.6. The number of hydrogen-bond acceptors (Lipinski definition) is 3. The van der Waals surface area contributed by atoms with E-state index in [9.17, 15) is 5.11 Å². The molecule has 0 saturated carbocycles. The summed E-state index contributed by atoms with van der Waals surface area (Å²) in [6.45, 7) is 3.86. The Morgan fingerprint density at radius 2 is 1.54 bits per heavy atom. The van der Waals surface area contributed by atoms with Crippen LogP contribution in [0.15, 0.2) is 54.6 Å². The highest BCUT2D eigenvalue weighted by atomic mass is 35.5. The molecular weight excluding hydrogens is 391 g/mol. The molecule has 0 aromatic heterocycles. The van der Waals surface area contributed by atoms with Gasteiger partial charge in [-0.05, 0) is 74.3 Å². The summed E-state index contributed by atoms with van der Waals surface area (Å²) in [4.78, 5) is 2.52. The van der Waals surface area contributed by atoms with Crippen molar-refractivity contribution in [2.45, 2.75) is 44.8 Å². The third kappa shape index (κ3) is 7.73. The van der Waals surface area contributed by atoms with E-state index in [1.807, 2.05) is 6.07 Å². The highest BCUT2D eigenvalue weighted by Gasteiger charge is 2.25. The molecule has 156 valence electrons. The summed E-state index contributed by atoms with van der Waals surface area (Å²) in [6, 6.07) is 19.3. The van der Waals surface area contributed by atoms with Crippen LogP contribution in [0, 0.1) is 5.92 Å². The van der Waals surface area contributed by atoms with Gasteiger partial charge < -0.3 is 10.8 Å². The minimum absolute atomic E-state index is 0. The van der Waals surface area contributed by atoms with E-state index in [-0.39, 0.29) is 30.9 Å². The lowest BCUT2D eigenvalue weighted by molar-refractivity contribution is 0.0519. The number of nitrogens with zero attached hydrogens (tertiary/aromatic N) is 1. The third-order valence-corrected chi connectivity index (χ3v) is 5.58. The molecule has 3 N–H and O–H groups in total. The van der Waals surface area contributed by atoms with Gasteiger partial charge in [-0.3, -0.25) is 4.90 Å². The van der Waals surface area contributed by atoms with Crippen LogP contribution in [0.4, 0.5) is 0 Å². The number of benzene rings is 2. The van der Waals surface area contributed by atoms with Crippen molar-refractivity contribution in [1.29, 1.82) is 0 Å². The van der Waals surface area contributed by atoms with Gasteiger partial charge in [-0.2, -0.15) is 0 Å². The molecule has 1 fully saturated rings. The topological polar surface area (TPSA) is 49.5 Å². The molecule has 2 aromatic carbocycles. The number of halogens is 2. The Hall–Kier alpha value is -1.10. The summed E-state index contributed by atoms with van der Waals surface area (Å²) >= 11 is 0. The lowest BCUT2D eigenvalue weighted by atomic mass is 9.88. The Labute approximate surface area is 182 Å². The molecule has 3 nitrogen and oxygen atoms in total. The summed E-state index contributed by atoms with van der Waals surface area (Å²) in [6.07, 6.45) is 4.80. The number of likely N-dealkylation sites (tertiary alicyclic amines) is 1. The number of nitrogens with two attached hydrogens (primary N) is 1. The lowest BCUT2D eigenvalue weighted by Gasteiger charge is -2.34. The molecule has 1 saturated heterocycles. The van der Waals surface area contributed by atoms with E-state index in [0.29, 0.717) is 12.5 Å². The van der Waals surface area contributed by atoms with E-state index in [1.165, 1.54) is 16.7 Å². The van der Waals surface area contributed by atoms with Crippen molar-refractivity contribution in [1.82, 2.24) is 4.90 Å².